The maximum atomic E-state index is 14.5. The summed E-state index contributed by atoms with van der Waals surface area (Å²) in [4.78, 5) is 157. The molecule has 0 saturated carbocycles. The molecule has 0 aliphatic rings. The van der Waals surface area contributed by atoms with Crippen LogP contribution in [0.1, 0.15) is 94.6 Å². The number of allylic oxidation sites excluding steroid dienone is 1. The van der Waals surface area contributed by atoms with Crippen LogP contribution in [0, 0.1) is 23.7 Å². The van der Waals surface area contributed by atoms with Gasteiger partial charge < -0.3 is 59.8 Å². The zero-order valence-corrected chi connectivity index (χ0v) is 46.4. The smallest absolute Gasteiger partial charge is 0.469 e. The van der Waals surface area contributed by atoms with Gasteiger partial charge in [-0.05, 0) is 44.1 Å². The van der Waals surface area contributed by atoms with E-state index >= 15 is 0 Å². The van der Waals surface area contributed by atoms with Crippen molar-refractivity contribution in [2.75, 3.05) is 28.3 Å². The summed E-state index contributed by atoms with van der Waals surface area (Å²) >= 11 is 0. The Kier molecular flexibility index (Phi) is 26.9. The first-order chi connectivity index (χ1) is 34.6. The summed E-state index contributed by atoms with van der Waals surface area (Å²) in [5.74, 6) is -13.3. The SMILES string of the molecule is C=C(C(=O)N[C@@H](C)C(=O)N(C)[C@@H](C)C(=O)N[C@H](C(=O)N(C)[C@H](C(=O)O)[C@@H](C)OC)[C@H](OC(=O)[C@@H](CC(=O)CC)[C@H](OP(=O)(O)O)C(C)C)C(C)C)N(C)C(=O)[C@@H](Cc1ccccc1)OC(=O)/C(=C\C(C)C)NC(C)=O. The van der Waals surface area contributed by atoms with E-state index in [0.29, 0.717) is 5.56 Å². The molecule has 0 unspecified atom stereocenters. The van der Waals surface area contributed by atoms with Gasteiger partial charge in [0.15, 0.2) is 12.1 Å². The molecule has 6 N–H and O–H groups in total. The van der Waals surface area contributed by atoms with Gasteiger partial charge in [0.2, 0.25) is 23.6 Å². The van der Waals surface area contributed by atoms with Crippen molar-refractivity contribution in [1.29, 1.82) is 0 Å². The largest absolute Gasteiger partial charge is 0.480 e. The molecule has 24 nitrogen and oxygen atoms in total. The number of ketones is 1. The highest BCUT2D eigenvalue weighted by molar-refractivity contribution is 7.46. The highest BCUT2D eigenvalue weighted by Crippen LogP contribution is 2.42. The molecule has 1 aromatic rings. The number of Topliss-reactive ketones (excluding diaryl/α,β-unsaturated/α-hetero) is 1. The second-order valence-corrected chi connectivity index (χ2v) is 20.3. The zero-order valence-electron chi connectivity index (χ0n) is 45.5. The lowest BCUT2D eigenvalue weighted by atomic mass is 9.88. The number of ether oxygens (including phenoxy) is 3. The minimum Gasteiger partial charge on any atom is -0.480 e. The van der Waals surface area contributed by atoms with Gasteiger partial charge in [0.05, 0.1) is 18.1 Å². The number of nitrogens with one attached hydrogen (secondary N) is 3. The molecule has 1 rings (SSSR count). The topological polar surface area (TPSA) is 331 Å². The van der Waals surface area contributed by atoms with E-state index in [1.807, 2.05) is 0 Å². The third kappa shape index (κ3) is 20.7. The maximum absolute atomic E-state index is 14.5. The lowest BCUT2D eigenvalue weighted by Gasteiger charge is -2.37. The predicted octanol–water partition coefficient (Wildman–Crippen LogP) is 2.26. The summed E-state index contributed by atoms with van der Waals surface area (Å²) in [7, 11) is -0.579. The number of phosphoric acid groups is 1. The Morgan fingerprint density at radius 3 is 1.81 bits per heavy atom. The van der Waals surface area contributed by atoms with Crippen molar-refractivity contribution in [3.05, 3.63) is 59.9 Å². The summed E-state index contributed by atoms with van der Waals surface area (Å²) in [5, 5.41) is 17.5. The number of carbonyl (C=O) groups is 10. The number of likely N-dealkylation sites (N-methyl/N-ethyl adjacent to an activating group) is 3. The van der Waals surface area contributed by atoms with Gasteiger partial charge in [-0.1, -0.05) is 91.5 Å². The van der Waals surface area contributed by atoms with E-state index in [9.17, 15) is 67.4 Å². The molecule has 0 fully saturated rings. The van der Waals surface area contributed by atoms with Gasteiger partial charge in [-0.2, -0.15) is 0 Å². The molecular formula is C50H77N6O18P. The van der Waals surface area contributed by atoms with E-state index in [1.54, 1.807) is 44.2 Å². The number of carboxylic acids is 1. The molecule has 0 heterocycles. The lowest BCUT2D eigenvalue weighted by molar-refractivity contribution is -0.169. The van der Waals surface area contributed by atoms with Crippen molar-refractivity contribution >= 4 is 67.0 Å². The highest BCUT2D eigenvalue weighted by Gasteiger charge is 2.45. The Bertz CT molecular complexity index is 2300. The molecule has 6 amide bonds. The molecular weight excluding hydrogens is 1000 g/mol. The molecule has 1 aromatic carbocycles. The number of rotatable bonds is 30. The van der Waals surface area contributed by atoms with Crippen LogP contribution in [0.25, 0.3) is 0 Å². The normalized spacial score (nSPS) is 15.4. The number of phosphoric ester groups is 1. The second kappa shape index (κ2) is 30.3. The molecule has 0 saturated heterocycles. The Labute approximate surface area is 438 Å². The monoisotopic (exact) mass is 1080 g/mol. The summed E-state index contributed by atoms with van der Waals surface area (Å²) < 4.78 is 33.8. The van der Waals surface area contributed by atoms with Gasteiger partial charge in [0.25, 0.3) is 11.8 Å². The number of benzene rings is 1. The van der Waals surface area contributed by atoms with Crippen molar-refractivity contribution in [1.82, 2.24) is 30.7 Å². The van der Waals surface area contributed by atoms with Gasteiger partial charge in [-0.3, -0.25) is 42.9 Å². The lowest BCUT2D eigenvalue weighted by Crippen LogP contribution is -2.63. The van der Waals surface area contributed by atoms with E-state index in [0.717, 1.165) is 21.7 Å². The first kappa shape index (κ1) is 66.7. The molecule has 0 aromatic heterocycles. The minimum absolute atomic E-state index is 0.0823. The molecule has 0 bridgehead atoms. The van der Waals surface area contributed by atoms with Crippen LogP contribution in [-0.4, -0.2) is 166 Å². The number of carbonyl (C=O) groups excluding carboxylic acids is 9. The standard InChI is InChI=1S/C50H77N6O18P/c1-17-35(58)25-36(41(27(4)5)74-75(68,69)70)49(66)73-42(28(6)7)39(47(63)56(15)40(48(64)65)32(11)71-16)53-44(60)31(10)54(13)45(61)29(8)51-43(59)30(9)55(14)46(62)38(24-34-21-19-18-20-22-34)72-50(67)37(23-26(2)3)52-33(12)57/h18-23,26-29,31-32,36,38-42H,9,17,24-25H2,1-8,10-16H3,(H,51,59)(H,52,57)(H,53,60)(H,64,65)(H2,68,69,70)/b37-23+/t29-,31-,32+,36-,38+,39-,40-,41+,42+/m0/s1. The van der Waals surface area contributed by atoms with Crippen LogP contribution in [0.2, 0.25) is 0 Å². The molecule has 9 atom stereocenters. The van der Waals surface area contributed by atoms with Crippen molar-refractivity contribution < 1.29 is 86.1 Å². The fourth-order valence-corrected chi connectivity index (χ4v) is 8.18. The number of amides is 6. The summed E-state index contributed by atoms with van der Waals surface area (Å²) in [6.45, 7) is 19.7. The Morgan fingerprint density at radius 1 is 0.787 bits per heavy atom. The van der Waals surface area contributed by atoms with Crippen LogP contribution >= 0.6 is 7.82 Å². The predicted molar refractivity (Wildman–Crippen MR) is 271 cm³/mol. The average Bonchev–Trinajstić information content (AvgIpc) is 3.32. The zero-order chi connectivity index (χ0) is 58.0. The third-order valence-corrected chi connectivity index (χ3v) is 12.5. The van der Waals surface area contributed by atoms with Crippen LogP contribution in [0.15, 0.2) is 54.4 Å². The Morgan fingerprint density at radius 2 is 1.35 bits per heavy atom. The first-order valence-electron chi connectivity index (χ1n) is 24.2. The molecule has 0 spiro atoms. The molecule has 0 aliphatic carbocycles. The van der Waals surface area contributed by atoms with Crippen LogP contribution in [0.3, 0.4) is 0 Å². The summed E-state index contributed by atoms with van der Waals surface area (Å²) in [5.41, 5.74) is -0.116. The van der Waals surface area contributed by atoms with Crippen LogP contribution in [-0.2, 0) is 77.7 Å². The minimum atomic E-state index is -5.27. The van der Waals surface area contributed by atoms with Crippen LogP contribution in [0.5, 0.6) is 0 Å². The van der Waals surface area contributed by atoms with Crippen molar-refractivity contribution in [3.63, 3.8) is 0 Å². The number of hydrogen-bond donors (Lipinski definition) is 6. The third-order valence-electron chi connectivity index (χ3n) is 11.9. The quantitative estimate of drug-likeness (QED) is 0.0366. The Balaban J connectivity index is 3.62. The maximum Gasteiger partial charge on any atom is 0.469 e. The van der Waals surface area contributed by atoms with Gasteiger partial charge >= 0.3 is 25.7 Å². The van der Waals surface area contributed by atoms with E-state index in [4.69, 9.17) is 18.7 Å². The number of nitrogens with zero attached hydrogens (tertiary/aromatic N) is 3. The second-order valence-electron chi connectivity index (χ2n) is 19.1. The van der Waals surface area contributed by atoms with Gasteiger partial charge in [0.1, 0.15) is 41.4 Å². The molecule has 0 aliphatic heterocycles. The van der Waals surface area contributed by atoms with Crippen molar-refractivity contribution in [2.45, 2.75) is 144 Å². The first-order valence-corrected chi connectivity index (χ1v) is 25.7. The van der Waals surface area contributed by atoms with E-state index < -0.39 is 145 Å². The van der Waals surface area contributed by atoms with Gasteiger partial charge in [0, 0.05) is 54.4 Å². The molecule has 75 heavy (non-hydrogen) atoms. The fraction of sp³-hybridized carbons (Fsp3) is 0.600. The van der Waals surface area contributed by atoms with Crippen molar-refractivity contribution in [2.24, 2.45) is 23.7 Å². The number of methoxy groups -OCH3 is 1. The van der Waals surface area contributed by atoms with Gasteiger partial charge in [-0.25, -0.2) is 14.2 Å². The van der Waals surface area contributed by atoms with E-state index in [1.165, 1.54) is 89.6 Å². The summed E-state index contributed by atoms with van der Waals surface area (Å²) in [6.07, 6.45) is -5.31. The number of esters is 2. The summed E-state index contributed by atoms with van der Waals surface area (Å²) in [6, 6.07) is 1.98. The van der Waals surface area contributed by atoms with Crippen LogP contribution in [0.4, 0.5) is 0 Å². The van der Waals surface area contributed by atoms with Crippen LogP contribution < -0.4 is 16.0 Å². The van der Waals surface area contributed by atoms with E-state index in [2.05, 4.69) is 22.5 Å². The van der Waals surface area contributed by atoms with E-state index in [-0.39, 0.29) is 24.5 Å². The van der Waals surface area contributed by atoms with Crippen molar-refractivity contribution in [3.8, 4) is 0 Å². The molecule has 0 radical (unpaired) electrons. The molecule has 25 heteroatoms. The fourth-order valence-electron chi connectivity index (χ4n) is 7.48. The average molecular weight is 1080 g/mol. The van der Waals surface area contributed by atoms with Gasteiger partial charge in [-0.15, -0.1) is 0 Å². The number of carboxylic acid groups (broad SMARTS) is 1. The molecule has 420 valence electrons. The number of aliphatic carboxylic acids is 1. The number of hydrogen-bond acceptors (Lipinski definition) is 15. The highest BCUT2D eigenvalue weighted by atomic mass is 31.2. The Hall–Kier alpha value is -6.33.